The number of aryl methyl sites for hydroxylation is 1. The molecule has 1 aromatic rings. The summed E-state index contributed by atoms with van der Waals surface area (Å²) >= 11 is 0. The molecule has 0 aromatic carbocycles. The van der Waals surface area contributed by atoms with Crippen LogP contribution in [0.5, 0.6) is 0 Å². The molecule has 5 nitrogen and oxygen atoms in total. The number of morpholine rings is 1. The zero-order valence-electron chi connectivity index (χ0n) is 18.1. The van der Waals surface area contributed by atoms with Crippen LogP contribution in [-0.2, 0) is 4.74 Å². The van der Waals surface area contributed by atoms with Gasteiger partial charge in [0.15, 0.2) is 0 Å². The minimum atomic E-state index is 0.271. The summed E-state index contributed by atoms with van der Waals surface area (Å²) in [5.74, 6) is 3.22. The number of nitrogens with two attached hydrogens (primary N) is 1. The monoisotopic (exact) mass is 386 g/mol. The van der Waals surface area contributed by atoms with Gasteiger partial charge in [-0.1, -0.05) is 13.8 Å². The van der Waals surface area contributed by atoms with Gasteiger partial charge in [0.05, 0.1) is 24.1 Å². The van der Waals surface area contributed by atoms with Crippen LogP contribution in [0.3, 0.4) is 0 Å². The van der Waals surface area contributed by atoms with Crippen molar-refractivity contribution in [1.29, 1.82) is 0 Å². The van der Waals surface area contributed by atoms with Crippen LogP contribution in [0.4, 0.5) is 11.5 Å². The van der Waals surface area contributed by atoms with E-state index in [1.54, 1.807) is 0 Å². The second-order valence-corrected chi connectivity index (χ2v) is 9.99. The average Bonchev–Trinajstić information content (AvgIpc) is 2.65. The highest BCUT2D eigenvalue weighted by molar-refractivity contribution is 5.54. The molecule has 2 aliphatic carbocycles. The molecule has 0 spiro atoms. The van der Waals surface area contributed by atoms with Gasteiger partial charge in [-0.15, -0.1) is 0 Å². The van der Waals surface area contributed by atoms with Crippen molar-refractivity contribution in [3.05, 3.63) is 17.8 Å². The SMILES string of the molecule is Cc1nc(N2CCOC(C)C2)ccc1NC1C(C)CC2(CN)CC(C)CC1C2. The lowest BCUT2D eigenvalue weighted by Gasteiger charge is -2.53. The van der Waals surface area contributed by atoms with Gasteiger partial charge in [0.2, 0.25) is 0 Å². The van der Waals surface area contributed by atoms with Crippen LogP contribution >= 0.6 is 0 Å². The van der Waals surface area contributed by atoms with Crippen LogP contribution in [0.2, 0.25) is 0 Å². The Balaban J connectivity index is 1.49. The van der Waals surface area contributed by atoms with Crippen molar-refractivity contribution in [2.45, 2.75) is 65.5 Å². The predicted octanol–water partition coefficient (Wildman–Crippen LogP) is 3.82. The van der Waals surface area contributed by atoms with E-state index in [1.165, 1.54) is 31.4 Å². The summed E-state index contributed by atoms with van der Waals surface area (Å²) in [5, 5.41) is 3.91. The highest BCUT2D eigenvalue weighted by atomic mass is 16.5. The predicted molar refractivity (Wildman–Crippen MR) is 116 cm³/mol. The maximum atomic E-state index is 6.24. The number of nitrogens with one attached hydrogen (secondary N) is 1. The van der Waals surface area contributed by atoms with Gasteiger partial charge in [0, 0.05) is 19.1 Å². The van der Waals surface area contributed by atoms with E-state index in [1.807, 2.05) is 0 Å². The Morgan fingerprint density at radius 3 is 2.79 bits per heavy atom. The number of ether oxygens (including phenoxy) is 1. The lowest BCUT2D eigenvalue weighted by atomic mass is 9.55. The van der Waals surface area contributed by atoms with Gasteiger partial charge < -0.3 is 20.7 Å². The van der Waals surface area contributed by atoms with Crippen molar-refractivity contribution in [3.8, 4) is 0 Å². The fourth-order valence-corrected chi connectivity index (χ4v) is 6.37. The van der Waals surface area contributed by atoms with Gasteiger partial charge in [0.25, 0.3) is 0 Å². The maximum Gasteiger partial charge on any atom is 0.129 e. The van der Waals surface area contributed by atoms with E-state index in [4.69, 9.17) is 15.5 Å². The van der Waals surface area contributed by atoms with Gasteiger partial charge in [0.1, 0.15) is 5.82 Å². The number of pyridine rings is 1. The molecule has 3 N–H and O–H groups in total. The molecule has 28 heavy (non-hydrogen) atoms. The second kappa shape index (κ2) is 7.83. The largest absolute Gasteiger partial charge is 0.380 e. The van der Waals surface area contributed by atoms with Crippen LogP contribution in [0.1, 0.15) is 52.1 Å². The smallest absolute Gasteiger partial charge is 0.129 e. The molecular formula is C23H38N4O. The molecule has 1 aliphatic heterocycles. The Morgan fingerprint density at radius 1 is 1.25 bits per heavy atom. The molecule has 0 amide bonds. The maximum absolute atomic E-state index is 6.24. The highest BCUT2D eigenvalue weighted by Gasteiger charge is 2.48. The molecular weight excluding hydrogens is 348 g/mol. The summed E-state index contributed by atoms with van der Waals surface area (Å²) in [6.45, 7) is 12.6. The summed E-state index contributed by atoms with van der Waals surface area (Å²) in [4.78, 5) is 7.27. The van der Waals surface area contributed by atoms with E-state index in [2.05, 4.69) is 50.0 Å². The van der Waals surface area contributed by atoms with E-state index in [-0.39, 0.29) is 6.10 Å². The van der Waals surface area contributed by atoms with Crippen LogP contribution in [0, 0.1) is 30.1 Å². The van der Waals surface area contributed by atoms with Crippen molar-refractivity contribution in [2.24, 2.45) is 28.9 Å². The first kappa shape index (κ1) is 20.0. The molecule has 6 atom stereocenters. The first-order valence-corrected chi connectivity index (χ1v) is 11.2. The van der Waals surface area contributed by atoms with Crippen LogP contribution < -0.4 is 16.0 Å². The third-order valence-corrected chi connectivity index (χ3v) is 7.45. The molecule has 0 radical (unpaired) electrons. The molecule has 2 bridgehead atoms. The number of rotatable bonds is 4. The van der Waals surface area contributed by atoms with Crippen molar-refractivity contribution < 1.29 is 4.74 Å². The van der Waals surface area contributed by atoms with E-state index >= 15 is 0 Å². The van der Waals surface area contributed by atoms with Crippen LogP contribution in [-0.4, -0.2) is 43.4 Å². The van der Waals surface area contributed by atoms with Gasteiger partial charge >= 0.3 is 0 Å². The Kier molecular flexibility index (Phi) is 5.58. The highest BCUT2D eigenvalue weighted by Crippen LogP contribution is 2.52. The summed E-state index contributed by atoms with van der Waals surface area (Å²) in [5.41, 5.74) is 8.92. The lowest BCUT2D eigenvalue weighted by molar-refractivity contribution is 0.0155. The summed E-state index contributed by atoms with van der Waals surface area (Å²) < 4.78 is 5.67. The van der Waals surface area contributed by atoms with Crippen LogP contribution in [0.25, 0.3) is 0 Å². The Bertz CT molecular complexity index is 691. The van der Waals surface area contributed by atoms with E-state index in [9.17, 15) is 0 Å². The normalized spacial score (nSPS) is 38.3. The minimum Gasteiger partial charge on any atom is -0.380 e. The average molecular weight is 387 g/mol. The van der Waals surface area contributed by atoms with Crippen molar-refractivity contribution in [2.75, 3.05) is 36.5 Å². The lowest BCUT2D eigenvalue weighted by Crippen LogP contribution is -2.52. The summed E-state index contributed by atoms with van der Waals surface area (Å²) in [6, 6.07) is 4.94. The Hall–Kier alpha value is -1.33. The molecule has 3 aliphatic rings. The molecule has 3 fully saturated rings. The van der Waals surface area contributed by atoms with E-state index in [0.717, 1.165) is 49.6 Å². The van der Waals surface area contributed by atoms with Gasteiger partial charge in [-0.05, 0) is 81.4 Å². The number of nitrogens with zero attached hydrogens (tertiary/aromatic N) is 2. The standard InChI is InChI=1S/C23H38N4O/c1-15-9-19-12-23(10-15,14-24)11-16(2)22(19)26-20-5-6-21(25-18(20)4)27-7-8-28-17(3)13-27/h5-6,15-17,19,22,26H,7-14,24H2,1-4H3. The van der Waals surface area contributed by atoms with E-state index < -0.39 is 0 Å². The summed E-state index contributed by atoms with van der Waals surface area (Å²) in [6.07, 6.45) is 5.43. The topological polar surface area (TPSA) is 63.4 Å². The number of aromatic nitrogens is 1. The summed E-state index contributed by atoms with van der Waals surface area (Å²) in [7, 11) is 0. The molecule has 1 aromatic heterocycles. The van der Waals surface area contributed by atoms with Gasteiger partial charge in [-0.3, -0.25) is 0 Å². The molecule has 4 rings (SSSR count). The fraction of sp³-hybridized carbons (Fsp3) is 0.783. The molecule has 5 heteroatoms. The molecule has 2 saturated carbocycles. The van der Waals surface area contributed by atoms with Gasteiger partial charge in [-0.25, -0.2) is 4.98 Å². The molecule has 2 heterocycles. The fourth-order valence-electron chi connectivity index (χ4n) is 6.37. The molecule has 6 unspecified atom stereocenters. The molecule has 1 saturated heterocycles. The number of fused-ring (bicyclic) bond motifs is 2. The zero-order chi connectivity index (χ0) is 19.9. The number of hydrogen-bond donors (Lipinski definition) is 2. The Morgan fingerprint density at radius 2 is 2.07 bits per heavy atom. The second-order valence-electron chi connectivity index (χ2n) is 9.99. The third-order valence-electron chi connectivity index (χ3n) is 7.45. The van der Waals surface area contributed by atoms with Crippen molar-refractivity contribution in [1.82, 2.24) is 4.98 Å². The van der Waals surface area contributed by atoms with Crippen molar-refractivity contribution in [3.63, 3.8) is 0 Å². The first-order valence-electron chi connectivity index (χ1n) is 11.2. The minimum absolute atomic E-state index is 0.271. The van der Waals surface area contributed by atoms with Crippen molar-refractivity contribution >= 4 is 11.5 Å². The number of anilines is 2. The number of hydrogen-bond acceptors (Lipinski definition) is 5. The van der Waals surface area contributed by atoms with Gasteiger partial charge in [-0.2, -0.15) is 0 Å². The third kappa shape index (κ3) is 3.88. The molecule has 156 valence electrons. The quantitative estimate of drug-likeness (QED) is 0.824. The van der Waals surface area contributed by atoms with E-state index in [0.29, 0.717) is 17.4 Å². The van der Waals surface area contributed by atoms with Crippen LogP contribution in [0.15, 0.2) is 12.1 Å². The first-order chi connectivity index (χ1) is 13.4. The zero-order valence-corrected chi connectivity index (χ0v) is 18.1. The Labute approximate surface area is 170 Å².